The van der Waals surface area contributed by atoms with Crippen molar-refractivity contribution in [3.8, 4) is 0 Å². The van der Waals surface area contributed by atoms with Crippen LogP contribution in [0.4, 0.5) is 0 Å². The molecule has 1 aliphatic rings. The topological polar surface area (TPSA) is 72.2 Å². The molecule has 8 heteroatoms. The van der Waals surface area contributed by atoms with Gasteiger partial charge in [0.25, 0.3) is 0 Å². The highest BCUT2D eigenvalue weighted by atomic mass is 32.2. The first-order chi connectivity index (χ1) is 12.4. The Morgan fingerprint density at radius 2 is 2.04 bits per heavy atom. The Labute approximate surface area is 153 Å². The first-order valence-corrected chi connectivity index (χ1v) is 10.5. The highest BCUT2D eigenvalue weighted by Gasteiger charge is 2.19. The van der Waals surface area contributed by atoms with Gasteiger partial charge in [0.1, 0.15) is 0 Å². The lowest BCUT2D eigenvalue weighted by molar-refractivity contribution is 0.205. The molecular weight excluding hydrogens is 350 g/mol. The molecule has 4 rings (SSSR count). The van der Waals surface area contributed by atoms with Crippen molar-refractivity contribution in [2.45, 2.75) is 26.2 Å². The molecule has 26 heavy (non-hydrogen) atoms. The van der Waals surface area contributed by atoms with Gasteiger partial charge in [0.15, 0.2) is 0 Å². The number of rotatable bonds is 5. The molecule has 3 aromatic rings. The molecule has 0 saturated carbocycles. The van der Waals surface area contributed by atoms with E-state index in [1.807, 2.05) is 10.7 Å². The van der Waals surface area contributed by atoms with Crippen molar-refractivity contribution < 1.29 is 8.42 Å². The number of benzene rings is 1. The Hall–Kier alpha value is -2.16. The lowest BCUT2D eigenvalue weighted by Crippen LogP contribution is -2.33. The van der Waals surface area contributed by atoms with Crippen molar-refractivity contribution in [1.82, 2.24) is 24.0 Å². The van der Waals surface area contributed by atoms with E-state index in [0.29, 0.717) is 0 Å². The number of nitrogens with zero attached hydrogens (tertiary/aromatic N) is 4. The Kier molecular flexibility index (Phi) is 4.34. The number of sulfonamides is 1. The summed E-state index contributed by atoms with van der Waals surface area (Å²) < 4.78 is 29.1. The SMILES string of the molecule is Cn1ccc2ccc(CN3CCn4nc(CNS(C)(=O)=O)cc4C3)cc21. The van der Waals surface area contributed by atoms with Gasteiger partial charge in [-0.15, -0.1) is 0 Å². The monoisotopic (exact) mass is 373 g/mol. The van der Waals surface area contributed by atoms with Gasteiger partial charge in [-0.3, -0.25) is 9.58 Å². The third-order valence-corrected chi connectivity index (χ3v) is 5.47. The molecule has 0 radical (unpaired) electrons. The standard InChI is InChI=1S/C18H23N5O2S/c1-21-6-5-15-4-3-14(9-18(15)21)12-22-7-8-23-17(13-22)10-16(20-23)11-19-26(2,24)25/h3-6,9-10,19H,7-8,11-13H2,1-2H3. The zero-order valence-corrected chi connectivity index (χ0v) is 15.8. The number of nitrogens with one attached hydrogen (secondary N) is 1. The zero-order chi connectivity index (χ0) is 18.3. The van der Waals surface area contributed by atoms with Gasteiger partial charge in [0, 0.05) is 38.4 Å². The number of hydrogen-bond acceptors (Lipinski definition) is 4. The van der Waals surface area contributed by atoms with Crippen molar-refractivity contribution in [3.05, 3.63) is 53.5 Å². The third-order valence-electron chi connectivity index (χ3n) is 4.80. The number of hydrogen-bond donors (Lipinski definition) is 1. The largest absolute Gasteiger partial charge is 0.351 e. The Morgan fingerprint density at radius 3 is 2.85 bits per heavy atom. The average molecular weight is 373 g/mol. The van der Waals surface area contributed by atoms with Crippen LogP contribution in [0, 0.1) is 0 Å². The lowest BCUT2D eigenvalue weighted by Gasteiger charge is -2.27. The summed E-state index contributed by atoms with van der Waals surface area (Å²) in [7, 11) is -1.14. The molecule has 0 fully saturated rings. The molecule has 0 amide bonds. The predicted molar refractivity (Wildman–Crippen MR) is 101 cm³/mol. The summed E-state index contributed by atoms with van der Waals surface area (Å²) in [5, 5.41) is 5.76. The van der Waals surface area contributed by atoms with Crippen LogP contribution in [-0.4, -0.2) is 40.5 Å². The minimum absolute atomic E-state index is 0.239. The summed E-state index contributed by atoms with van der Waals surface area (Å²) in [6.45, 7) is 3.70. The van der Waals surface area contributed by atoms with Gasteiger partial charge in [-0.25, -0.2) is 13.1 Å². The van der Waals surface area contributed by atoms with Crippen LogP contribution in [0.1, 0.15) is 17.0 Å². The van der Waals surface area contributed by atoms with Crippen LogP contribution in [-0.2, 0) is 43.2 Å². The van der Waals surface area contributed by atoms with E-state index in [1.165, 1.54) is 16.5 Å². The van der Waals surface area contributed by atoms with Gasteiger partial charge in [-0.05, 0) is 29.1 Å². The quantitative estimate of drug-likeness (QED) is 0.735. The highest BCUT2D eigenvalue weighted by molar-refractivity contribution is 7.88. The molecule has 0 bridgehead atoms. The van der Waals surface area contributed by atoms with E-state index in [4.69, 9.17) is 0 Å². The normalized spacial score (nSPS) is 15.5. The fourth-order valence-electron chi connectivity index (χ4n) is 3.47. The second kappa shape index (κ2) is 6.53. The Morgan fingerprint density at radius 1 is 1.19 bits per heavy atom. The molecule has 1 N–H and O–H groups in total. The van der Waals surface area contributed by atoms with Gasteiger partial charge >= 0.3 is 0 Å². The minimum atomic E-state index is -3.20. The molecule has 138 valence electrons. The molecule has 7 nitrogen and oxygen atoms in total. The van der Waals surface area contributed by atoms with Gasteiger partial charge in [0.05, 0.1) is 30.7 Å². The summed E-state index contributed by atoms with van der Waals surface area (Å²) in [4.78, 5) is 2.40. The average Bonchev–Trinajstić information content (AvgIpc) is 3.16. The maximum atomic E-state index is 11.2. The molecular formula is C18H23N5O2S. The van der Waals surface area contributed by atoms with Crippen molar-refractivity contribution in [2.75, 3.05) is 12.8 Å². The summed E-state index contributed by atoms with van der Waals surface area (Å²) in [5.41, 5.74) is 4.43. The first-order valence-electron chi connectivity index (χ1n) is 8.64. The first kappa shape index (κ1) is 17.3. The number of aryl methyl sites for hydroxylation is 1. The second-order valence-electron chi connectivity index (χ2n) is 6.97. The van der Waals surface area contributed by atoms with E-state index in [9.17, 15) is 8.42 Å². The van der Waals surface area contributed by atoms with Crippen LogP contribution < -0.4 is 4.72 Å². The summed E-state index contributed by atoms with van der Waals surface area (Å²) in [5.74, 6) is 0. The van der Waals surface area contributed by atoms with E-state index >= 15 is 0 Å². The maximum Gasteiger partial charge on any atom is 0.209 e. The minimum Gasteiger partial charge on any atom is -0.351 e. The van der Waals surface area contributed by atoms with Crippen molar-refractivity contribution in [3.63, 3.8) is 0 Å². The summed E-state index contributed by atoms with van der Waals surface area (Å²) >= 11 is 0. The van der Waals surface area contributed by atoms with Crippen molar-refractivity contribution in [1.29, 1.82) is 0 Å². The van der Waals surface area contributed by atoms with Crippen molar-refractivity contribution in [2.24, 2.45) is 7.05 Å². The molecule has 0 spiro atoms. The summed E-state index contributed by atoms with van der Waals surface area (Å²) in [6.07, 6.45) is 3.24. The fourth-order valence-corrected chi connectivity index (χ4v) is 3.88. The molecule has 3 heterocycles. The second-order valence-corrected chi connectivity index (χ2v) is 8.81. The van der Waals surface area contributed by atoms with E-state index in [0.717, 1.165) is 43.8 Å². The molecule has 0 atom stereocenters. The van der Waals surface area contributed by atoms with Crippen LogP contribution >= 0.6 is 0 Å². The number of aromatic nitrogens is 3. The van der Waals surface area contributed by atoms with Crippen LogP contribution in [0.25, 0.3) is 10.9 Å². The Balaban J connectivity index is 1.45. The molecule has 1 aliphatic heterocycles. The lowest BCUT2D eigenvalue weighted by atomic mass is 10.1. The highest BCUT2D eigenvalue weighted by Crippen LogP contribution is 2.20. The van der Waals surface area contributed by atoms with Gasteiger partial charge in [0.2, 0.25) is 10.0 Å². The molecule has 0 unspecified atom stereocenters. The van der Waals surface area contributed by atoms with Gasteiger partial charge < -0.3 is 4.57 Å². The fraction of sp³-hybridized carbons (Fsp3) is 0.389. The van der Waals surface area contributed by atoms with Gasteiger partial charge in [-0.2, -0.15) is 5.10 Å². The number of fused-ring (bicyclic) bond motifs is 2. The van der Waals surface area contributed by atoms with E-state index in [2.05, 4.69) is 56.8 Å². The van der Waals surface area contributed by atoms with Crippen LogP contribution in [0.3, 0.4) is 0 Å². The summed E-state index contributed by atoms with van der Waals surface area (Å²) in [6, 6.07) is 10.7. The van der Waals surface area contributed by atoms with Crippen LogP contribution in [0.15, 0.2) is 36.5 Å². The molecule has 1 aromatic carbocycles. The van der Waals surface area contributed by atoms with E-state index in [1.54, 1.807) is 0 Å². The maximum absolute atomic E-state index is 11.2. The molecule has 2 aromatic heterocycles. The van der Waals surface area contributed by atoms with E-state index < -0.39 is 10.0 Å². The Bertz CT molecular complexity index is 1050. The van der Waals surface area contributed by atoms with Crippen LogP contribution in [0.2, 0.25) is 0 Å². The van der Waals surface area contributed by atoms with Gasteiger partial charge in [-0.1, -0.05) is 12.1 Å². The smallest absolute Gasteiger partial charge is 0.209 e. The molecule has 0 saturated heterocycles. The van der Waals surface area contributed by atoms with Crippen molar-refractivity contribution >= 4 is 20.9 Å². The third kappa shape index (κ3) is 3.67. The molecule has 0 aliphatic carbocycles. The predicted octanol–water partition coefficient (Wildman–Crippen LogP) is 1.44. The van der Waals surface area contributed by atoms with E-state index in [-0.39, 0.29) is 6.54 Å². The van der Waals surface area contributed by atoms with Crippen LogP contribution in [0.5, 0.6) is 0 Å². The zero-order valence-electron chi connectivity index (χ0n) is 15.0.